The maximum atomic E-state index is 11.0. The molecule has 0 aromatic heterocycles. The van der Waals surface area contributed by atoms with Crippen LogP contribution in [0.1, 0.15) is 0 Å². The topological polar surface area (TPSA) is 61.5 Å². The first-order valence-corrected chi connectivity index (χ1v) is 6.97. The first kappa shape index (κ1) is 15.1. The van der Waals surface area contributed by atoms with E-state index in [2.05, 4.69) is 4.74 Å². The number of ether oxygens (including phenoxy) is 2. The summed E-state index contributed by atoms with van der Waals surface area (Å²) in [6, 6.07) is 6.71. The zero-order valence-electron chi connectivity index (χ0n) is 10.1. The van der Waals surface area contributed by atoms with Crippen molar-refractivity contribution in [3.8, 4) is 5.75 Å². The molecule has 0 bridgehead atoms. The van der Waals surface area contributed by atoms with E-state index in [9.17, 15) is 4.79 Å². The van der Waals surface area contributed by atoms with Gasteiger partial charge < -0.3 is 15.2 Å². The minimum Gasteiger partial charge on any atom is -0.491 e. The largest absolute Gasteiger partial charge is 0.491 e. The number of para-hydroxylation sites is 1. The third kappa shape index (κ3) is 5.16. The second-order valence-corrected chi connectivity index (χ2v) is 5.04. The molecule has 100 valence electrons. The van der Waals surface area contributed by atoms with Gasteiger partial charge in [-0.2, -0.15) is 11.8 Å². The number of rotatable bonds is 7. The van der Waals surface area contributed by atoms with Gasteiger partial charge in [-0.1, -0.05) is 23.7 Å². The highest BCUT2D eigenvalue weighted by molar-refractivity contribution is 7.99. The number of hydrogen-bond donors (Lipinski definition) is 1. The van der Waals surface area contributed by atoms with Gasteiger partial charge in [-0.15, -0.1) is 0 Å². The van der Waals surface area contributed by atoms with Crippen LogP contribution < -0.4 is 10.5 Å². The van der Waals surface area contributed by atoms with Gasteiger partial charge in [0.2, 0.25) is 0 Å². The minimum atomic E-state index is -0.583. The van der Waals surface area contributed by atoms with Gasteiger partial charge in [0.1, 0.15) is 11.8 Å². The number of benzene rings is 1. The normalized spacial score (nSPS) is 11.9. The maximum absolute atomic E-state index is 11.0. The van der Waals surface area contributed by atoms with Crippen molar-refractivity contribution in [3.63, 3.8) is 0 Å². The van der Waals surface area contributed by atoms with Crippen molar-refractivity contribution < 1.29 is 14.3 Å². The van der Waals surface area contributed by atoms with Crippen molar-refractivity contribution >= 4 is 29.3 Å². The van der Waals surface area contributed by atoms with E-state index in [-0.39, 0.29) is 0 Å². The molecule has 0 heterocycles. The fraction of sp³-hybridized carbons (Fsp3) is 0.417. The molecule has 1 atom stereocenters. The molecule has 0 saturated heterocycles. The molecule has 0 spiro atoms. The van der Waals surface area contributed by atoms with Gasteiger partial charge in [0.25, 0.3) is 0 Å². The van der Waals surface area contributed by atoms with Crippen LogP contribution >= 0.6 is 23.4 Å². The lowest BCUT2D eigenvalue weighted by Gasteiger charge is -2.10. The van der Waals surface area contributed by atoms with Crippen LogP contribution in [0.4, 0.5) is 0 Å². The zero-order valence-corrected chi connectivity index (χ0v) is 11.7. The number of carbonyl (C=O) groups excluding carboxylic acids is 1. The van der Waals surface area contributed by atoms with E-state index in [1.165, 1.54) is 18.9 Å². The van der Waals surface area contributed by atoms with Crippen molar-refractivity contribution in [3.05, 3.63) is 29.3 Å². The number of nitrogens with two attached hydrogens (primary N) is 1. The monoisotopic (exact) mass is 289 g/mol. The highest BCUT2D eigenvalue weighted by atomic mass is 35.5. The van der Waals surface area contributed by atoms with E-state index in [0.717, 1.165) is 5.75 Å². The standard InChI is InChI=1S/C12H16ClNO3S/c1-16-12(15)10(14)8-18-7-6-17-11-5-3-2-4-9(11)13/h2-5,10H,6-8,14H2,1H3. The average Bonchev–Trinajstić information content (AvgIpc) is 2.39. The average molecular weight is 290 g/mol. The third-order valence-electron chi connectivity index (χ3n) is 2.12. The van der Waals surface area contributed by atoms with Crippen LogP contribution in [0.3, 0.4) is 0 Å². The number of halogens is 1. The third-order valence-corrected chi connectivity index (χ3v) is 3.49. The summed E-state index contributed by atoms with van der Waals surface area (Å²) in [5.41, 5.74) is 5.59. The van der Waals surface area contributed by atoms with E-state index in [1.807, 2.05) is 18.2 Å². The fourth-order valence-electron chi connectivity index (χ4n) is 1.20. The van der Waals surface area contributed by atoms with Gasteiger partial charge in [-0.05, 0) is 12.1 Å². The second kappa shape index (κ2) is 8.24. The Hall–Kier alpha value is -0.910. The quantitative estimate of drug-likeness (QED) is 0.614. The molecular formula is C12H16ClNO3S. The van der Waals surface area contributed by atoms with Crippen LogP contribution in [0.25, 0.3) is 0 Å². The Labute approximate surface area is 116 Å². The molecule has 0 aliphatic rings. The Morgan fingerprint density at radius 2 is 2.22 bits per heavy atom. The molecule has 0 aliphatic heterocycles. The van der Waals surface area contributed by atoms with Gasteiger partial charge in [-0.3, -0.25) is 4.79 Å². The van der Waals surface area contributed by atoms with Crippen LogP contribution in [0.15, 0.2) is 24.3 Å². The maximum Gasteiger partial charge on any atom is 0.323 e. The molecule has 0 aliphatic carbocycles. The summed E-state index contributed by atoms with van der Waals surface area (Å²) in [5.74, 6) is 1.51. The smallest absolute Gasteiger partial charge is 0.323 e. The van der Waals surface area contributed by atoms with E-state index >= 15 is 0 Å². The molecule has 1 aromatic carbocycles. The highest BCUT2D eigenvalue weighted by Crippen LogP contribution is 2.23. The summed E-state index contributed by atoms with van der Waals surface area (Å²) >= 11 is 7.47. The summed E-state index contributed by atoms with van der Waals surface area (Å²) in [6.45, 7) is 0.516. The predicted octanol–water partition coefficient (Wildman–Crippen LogP) is 1.95. The summed E-state index contributed by atoms with van der Waals surface area (Å²) < 4.78 is 10.0. The summed E-state index contributed by atoms with van der Waals surface area (Å²) in [4.78, 5) is 11.0. The van der Waals surface area contributed by atoms with Crippen molar-refractivity contribution in [2.75, 3.05) is 25.2 Å². The highest BCUT2D eigenvalue weighted by Gasteiger charge is 2.12. The number of methoxy groups -OCH3 is 1. The van der Waals surface area contributed by atoms with Gasteiger partial charge in [0.05, 0.1) is 18.7 Å². The van der Waals surface area contributed by atoms with Gasteiger partial charge in [0.15, 0.2) is 0 Å². The minimum absolute atomic E-state index is 0.394. The van der Waals surface area contributed by atoms with Crippen LogP contribution in [0, 0.1) is 0 Å². The molecule has 0 saturated carbocycles. The number of hydrogen-bond acceptors (Lipinski definition) is 5. The molecule has 0 fully saturated rings. The Kier molecular flexibility index (Phi) is 6.93. The lowest BCUT2D eigenvalue weighted by molar-refractivity contribution is -0.141. The predicted molar refractivity (Wildman–Crippen MR) is 74.3 cm³/mol. The summed E-state index contributed by atoms with van der Waals surface area (Å²) in [6.07, 6.45) is 0. The molecule has 2 N–H and O–H groups in total. The zero-order chi connectivity index (χ0) is 13.4. The van der Waals surface area contributed by atoms with Crippen molar-refractivity contribution in [1.29, 1.82) is 0 Å². The van der Waals surface area contributed by atoms with Gasteiger partial charge in [-0.25, -0.2) is 0 Å². The molecule has 18 heavy (non-hydrogen) atoms. The number of thioether (sulfide) groups is 1. The molecule has 6 heteroatoms. The Morgan fingerprint density at radius 1 is 1.50 bits per heavy atom. The lowest BCUT2D eigenvalue weighted by atomic mass is 10.3. The van der Waals surface area contributed by atoms with Crippen LogP contribution in [-0.2, 0) is 9.53 Å². The van der Waals surface area contributed by atoms with E-state index in [0.29, 0.717) is 23.1 Å². The van der Waals surface area contributed by atoms with Crippen molar-refractivity contribution in [2.24, 2.45) is 5.73 Å². The Bertz CT molecular complexity index is 389. The van der Waals surface area contributed by atoms with Crippen molar-refractivity contribution in [1.82, 2.24) is 0 Å². The first-order chi connectivity index (χ1) is 8.65. The molecule has 0 radical (unpaired) electrons. The van der Waals surface area contributed by atoms with Crippen LogP contribution in [0.5, 0.6) is 5.75 Å². The molecule has 1 unspecified atom stereocenters. The molecule has 1 aromatic rings. The van der Waals surface area contributed by atoms with Gasteiger partial charge >= 0.3 is 5.97 Å². The Morgan fingerprint density at radius 3 is 2.89 bits per heavy atom. The SMILES string of the molecule is COC(=O)C(N)CSCCOc1ccccc1Cl. The number of esters is 1. The lowest BCUT2D eigenvalue weighted by Crippen LogP contribution is -2.34. The van der Waals surface area contributed by atoms with E-state index in [1.54, 1.807) is 6.07 Å². The van der Waals surface area contributed by atoms with Crippen molar-refractivity contribution in [2.45, 2.75) is 6.04 Å². The van der Waals surface area contributed by atoms with Crippen LogP contribution in [-0.4, -0.2) is 37.2 Å². The van der Waals surface area contributed by atoms with Gasteiger partial charge in [0, 0.05) is 11.5 Å². The van der Waals surface area contributed by atoms with E-state index in [4.69, 9.17) is 22.1 Å². The molecule has 4 nitrogen and oxygen atoms in total. The van der Waals surface area contributed by atoms with E-state index < -0.39 is 12.0 Å². The fourth-order valence-corrected chi connectivity index (χ4v) is 2.15. The number of carbonyl (C=O) groups is 1. The Balaban J connectivity index is 2.16. The second-order valence-electron chi connectivity index (χ2n) is 3.48. The molecule has 0 amide bonds. The first-order valence-electron chi connectivity index (χ1n) is 5.43. The van der Waals surface area contributed by atoms with Crippen LogP contribution in [0.2, 0.25) is 5.02 Å². The summed E-state index contributed by atoms with van der Waals surface area (Å²) in [5, 5.41) is 0.591. The molecular weight excluding hydrogens is 274 g/mol. The molecule has 1 rings (SSSR count). The summed E-state index contributed by atoms with van der Waals surface area (Å²) in [7, 11) is 1.33.